The number of aryl methyl sites for hydroxylation is 2. The molecular formula is C18H24N2O. The molecule has 0 unspecified atom stereocenters. The zero-order valence-corrected chi connectivity index (χ0v) is 13.0. The van der Waals surface area contributed by atoms with E-state index in [0.717, 1.165) is 36.2 Å². The van der Waals surface area contributed by atoms with E-state index in [9.17, 15) is 4.79 Å². The number of hydrogen-bond acceptors (Lipinski definition) is 1. The SMILES string of the molecule is CCn1c(C(=O)NC2CCCCC2)c(C)c2ccccc21. The second-order valence-corrected chi connectivity index (χ2v) is 6.04. The van der Waals surface area contributed by atoms with Crippen molar-refractivity contribution in [1.29, 1.82) is 0 Å². The third-order valence-electron chi connectivity index (χ3n) is 4.70. The quantitative estimate of drug-likeness (QED) is 0.907. The van der Waals surface area contributed by atoms with E-state index in [1.165, 1.54) is 24.6 Å². The van der Waals surface area contributed by atoms with Crippen LogP contribution in [-0.4, -0.2) is 16.5 Å². The van der Waals surface area contributed by atoms with E-state index in [-0.39, 0.29) is 5.91 Å². The summed E-state index contributed by atoms with van der Waals surface area (Å²) in [5.74, 6) is 0.0949. The van der Waals surface area contributed by atoms with Crippen molar-refractivity contribution in [3.05, 3.63) is 35.5 Å². The standard InChI is InChI=1S/C18H24N2O/c1-3-20-16-12-8-7-11-15(16)13(2)17(20)18(21)19-14-9-5-4-6-10-14/h7-8,11-12,14H,3-6,9-10H2,1-2H3,(H,19,21). The number of nitrogens with zero attached hydrogens (tertiary/aromatic N) is 1. The molecule has 21 heavy (non-hydrogen) atoms. The van der Waals surface area contributed by atoms with Crippen molar-refractivity contribution in [2.24, 2.45) is 0 Å². The Labute approximate surface area is 126 Å². The van der Waals surface area contributed by atoms with Gasteiger partial charge in [-0.15, -0.1) is 0 Å². The van der Waals surface area contributed by atoms with Gasteiger partial charge in [0, 0.05) is 23.5 Å². The lowest BCUT2D eigenvalue weighted by atomic mass is 9.95. The van der Waals surface area contributed by atoms with E-state index in [1.807, 2.05) is 12.1 Å². The number of rotatable bonds is 3. The van der Waals surface area contributed by atoms with Gasteiger partial charge in [0.2, 0.25) is 0 Å². The summed E-state index contributed by atoms with van der Waals surface area (Å²) >= 11 is 0. The molecule has 1 aliphatic carbocycles. The molecule has 0 spiro atoms. The van der Waals surface area contributed by atoms with E-state index < -0.39 is 0 Å². The summed E-state index contributed by atoms with van der Waals surface area (Å²) in [5.41, 5.74) is 3.09. The summed E-state index contributed by atoms with van der Waals surface area (Å²) in [6.45, 7) is 4.98. The molecule has 1 N–H and O–H groups in total. The lowest BCUT2D eigenvalue weighted by molar-refractivity contribution is 0.0918. The summed E-state index contributed by atoms with van der Waals surface area (Å²) in [4.78, 5) is 12.8. The third-order valence-corrected chi connectivity index (χ3v) is 4.70. The van der Waals surface area contributed by atoms with Gasteiger partial charge >= 0.3 is 0 Å². The molecule has 0 bridgehead atoms. The predicted octanol–water partition coefficient (Wildman–Crippen LogP) is 4.03. The Morgan fingerprint density at radius 3 is 2.67 bits per heavy atom. The highest BCUT2D eigenvalue weighted by Gasteiger charge is 2.22. The Morgan fingerprint density at radius 2 is 1.95 bits per heavy atom. The van der Waals surface area contributed by atoms with Crippen molar-refractivity contribution in [2.75, 3.05) is 0 Å². The molecule has 1 saturated carbocycles. The average molecular weight is 284 g/mol. The highest BCUT2D eigenvalue weighted by Crippen LogP contribution is 2.26. The van der Waals surface area contributed by atoms with Crippen LogP contribution in [0.1, 0.15) is 55.1 Å². The molecule has 1 fully saturated rings. The molecule has 1 amide bonds. The van der Waals surface area contributed by atoms with Crippen molar-refractivity contribution in [3.63, 3.8) is 0 Å². The van der Waals surface area contributed by atoms with Crippen LogP contribution in [0.2, 0.25) is 0 Å². The van der Waals surface area contributed by atoms with Gasteiger partial charge in [-0.25, -0.2) is 0 Å². The fourth-order valence-corrected chi connectivity index (χ4v) is 3.60. The number of aromatic nitrogens is 1. The molecular weight excluding hydrogens is 260 g/mol. The second-order valence-electron chi connectivity index (χ2n) is 6.04. The Bertz CT molecular complexity index is 651. The third kappa shape index (κ3) is 2.57. The molecule has 3 heteroatoms. The first-order chi connectivity index (χ1) is 10.2. The lowest BCUT2D eigenvalue weighted by Crippen LogP contribution is -2.37. The molecule has 1 aromatic heterocycles. The Hall–Kier alpha value is -1.77. The van der Waals surface area contributed by atoms with Gasteiger partial charge < -0.3 is 9.88 Å². The minimum absolute atomic E-state index is 0.0949. The summed E-state index contributed by atoms with van der Waals surface area (Å²) in [6, 6.07) is 8.64. The number of hydrogen-bond donors (Lipinski definition) is 1. The minimum Gasteiger partial charge on any atom is -0.348 e. The fourth-order valence-electron chi connectivity index (χ4n) is 3.60. The van der Waals surface area contributed by atoms with Crippen molar-refractivity contribution < 1.29 is 4.79 Å². The monoisotopic (exact) mass is 284 g/mol. The van der Waals surface area contributed by atoms with Gasteiger partial charge in [-0.05, 0) is 38.3 Å². The van der Waals surface area contributed by atoms with Crippen LogP contribution < -0.4 is 5.32 Å². The fraction of sp³-hybridized carbons (Fsp3) is 0.500. The van der Waals surface area contributed by atoms with Gasteiger partial charge in [0.15, 0.2) is 0 Å². The first kappa shape index (κ1) is 14.2. The van der Waals surface area contributed by atoms with Crippen LogP contribution in [0.3, 0.4) is 0 Å². The zero-order valence-electron chi connectivity index (χ0n) is 13.0. The molecule has 1 aliphatic rings. The zero-order chi connectivity index (χ0) is 14.8. The van der Waals surface area contributed by atoms with Gasteiger partial charge in [0.1, 0.15) is 5.69 Å². The van der Waals surface area contributed by atoms with Crippen LogP contribution in [0.25, 0.3) is 10.9 Å². The van der Waals surface area contributed by atoms with Crippen LogP contribution in [0, 0.1) is 6.92 Å². The van der Waals surface area contributed by atoms with E-state index in [0.29, 0.717) is 6.04 Å². The van der Waals surface area contributed by atoms with Crippen molar-refractivity contribution in [3.8, 4) is 0 Å². The smallest absolute Gasteiger partial charge is 0.268 e. The first-order valence-electron chi connectivity index (χ1n) is 8.11. The van der Waals surface area contributed by atoms with E-state index in [2.05, 4.69) is 35.9 Å². The molecule has 1 heterocycles. The van der Waals surface area contributed by atoms with Gasteiger partial charge in [-0.3, -0.25) is 4.79 Å². The maximum absolute atomic E-state index is 12.8. The van der Waals surface area contributed by atoms with Gasteiger partial charge in [-0.2, -0.15) is 0 Å². The number of para-hydroxylation sites is 1. The highest BCUT2D eigenvalue weighted by molar-refractivity contribution is 6.01. The number of fused-ring (bicyclic) bond motifs is 1. The van der Waals surface area contributed by atoms with E-state index >= 15 is 0 Å². The summed E-state index contributed by atoms with van der Waals surface area (Å²) in [6.07, 6.45) is 6.02. The van der Waals surface area contributed by atoms with Gasteiger partial charge in [0.05, 0.1) is 0 Å². The maximum atomic E-state index is 12.8. The van der Waals surface area contributed by atoms with Crippen LogP contribution in [0.15, 0.2) is 24.3 Å². The lowest BCUT2D eigenvalue weighted by Gasteiger charge is -2.23. The molecule has 0 saturated heterocycles. The predicted molar refractivity (Wildman–Crippen MR) is 86.7 cm³/mol. The van der Waals surface area contributed by atoms with Crippen LogP contribution in [-0.2, 0) is 6.54 Å². The number of amides is 1. The Balaban J connectivity index is 1.95. The van der Waals surface area contributed by atoms with Gasteiger partial charge in [-0.1, -0.05) is 37.5 Å². The number of nitrogens with one attached hydrogen (secondary N) is 1. The molecule has 0 radical (unpaired) electrons. The molecule has 112 valence electrons. The maximum Gasteiger partial charge on any atom is 0.268 e. The first-order valence-corrected chi connectivity index (χ1v) is 8.11. The minimum atomic E-state index is 0.0949. The normalized spacial score (nSPS) is 16.3. The molecule has 3 nitrogen and oxygen atoms in total. The topological polar surface area (TPSA) is 34.0 Å². The largest absolute Gasteiger partial charge is 0.348 e. The molecule has 3 rings (SSSR count). The average Bonchev–Trinajstić information content (AvgIpc) is 2.81. The Morgan fingerprint density at radius 1 is 1.24 bits per heavy atom. The highest BCUT2D eigenvalue weighted by atomic mass is 16.2. The van der Waals surface area contributed by atoms with E-state index in [1.54, 1.807) is 0 Å². The van der Waals surface area contributed by atoms with Crippen LogP contribution in [0.4, 0.5) is 0 Å². The summed E-state index contributed by atoms with van der Waals surface area (Å²) in [7, 11) is 0. The molecule has 1 aromatic carbocycles. The molecule has 0 atom stereocenters. The van der Waals surface area contributed by atoms with Crippen molar-refractivity contribution in [2.45, 2.75) is 58.5 Å². The Kier molecular flexibility index (Phi) is 4.00. The van der Waals surface area contributed by atoms with Crippen molar-refractivity contribution >= 4 is 16.8 Å². The van der Waals surface area contributed by atoms with E-state index in [4.69, 9.17) is 0 Å². The molecule has 2 aromatic rings. The number of carbonyl (C=O) groups excluding carboxylic acids is 1. The second kappa shape index (κ2) is 5.92. The summed E-state index contributed by atoms with van der Waals surface area (Å²) in [5, 5.41) is 4.44. The number of carbonyl (C=O) groups is 1. The van der Waals surface area contributed by atoms with Gasteiger partial charge in [0.25, 0.3) is 5.91 Å². The number of benzene rings is 1. The molecule has 0 aliphatic heterocycles. The van der Waals surface area contributed by atoms with Crippen LogP contribution >= 0.6 is 0 Å². The van der Waals surface area contributed by atoms with Crippen molar-refractivity contribution in [1.82, 2.24) is 9.88 Å². The van der Waals surface area contributed by atoms with Crippen LogP contribution in [0.5, 0.6) is 0 Å². The summed E-state index contributed by atoms with van der Waals surface area (Å²) < 4.78 is 2.14.